The molecule has 2 aromatic heterocycles. The number of aromatic carboxylic acids is 1. The second kappa shape index (κ2) is 5.02. The maximum absolute atomic E-state index is 11.1. The monoisotopic (exact) mass is 304 g/mol. The Labute approximate surface area is 123 Å². The number of fused-ring (bicyclic) bond motifs is 1. The van der Waals surface area contributed by atoms with Gasteiger partial charge in [0.05, 0.1) is 5.69 Å². The molecule has 0 saturated carbocycles. The highest BCUT2D eigenvalue weighted by Crippen LogP contribution is 2.27. The Morgan fingerprint density at radius 1 is 1.29 bits per heavy atom. The quantitative estimate of drug-likeness (QED) is 0.766. The van der Waals surface area contributed by atoms with Crippen molar-refractivity contribution in [3.05, 3.63) is 40.8 Å². The first-order chi connectivity index (χ1) is 10.0. The number of aryl methyl sites for hydroxylation is 1. The van der Waals surface area contributed by atoms with Gasteiger partial charge in [0.15, 0.2) is 0 Å². The molecule has 0 aliphatic heterocycles. The van der Waals surface area contributed by atoms with Gasteiger partial charge >= 0.3 is 5.97 Å². The summed E-state index contributed by atoms with van der Waals surface area (Å²) in [6, 6.07) is 6.92. The van der Waals surface area contributed by atoms with Crippen LogP contribution in [0.3, 0.4) is 0 Å². The molecule has 21 heavy (non-hydrogen) atoms. The largest absolute Gasteiger partial charge is 0.475 e. The number of carboxylic acid groups (broad SMARTS) is 1. The van der Waals surface area contributed by atoms with Gasteiger partial charge in [0.1, 0.15) is 11.2 Å². The molecule has 0 atom stereocenters. The third-order valence-corrected chi connectivity index (χ3v) is 3.06. The summed E-state index contributed by atoms with van der Waals surface area (Å²) in [4.78, 5) is 18.9. The van der Waals surface area contributed by atoms with Gasteiger partial charge in [-0.15, -0.1) is 0 Å². The highest BCUT2D eigenvalue weighted by Gasteiger charge is 2.18. The van der Waals surface area contributed by atoms with Crippen molar-refractivity contribution in [1.29, 1.82) is 0 Å². The van der Waals surface area contributed by atoms with Gasteiger partial charge in [-0.2, -0.15) is 4.98 Å². The Morgan fingerprint density at radius 2 is 2.00 bits per heavy atom. The van der Waals surface area contributed by atoms with Gasteiger partial charge in [-0.05, 0) is 31.2 Å². The molecule has 3 rings (SSSR count). The van der Waals surface area contributed by atoms with E-state index >= 15 is 0 Å². The standard InChI is InChI=1S/C13H9ClN4O3/c1-6-9-10(15-8-4-2-7(14)3-5-8)16-11(13(19)20)17-12(9)21-18-6/h2-5H,1H3,(H,19,20)(H,15,16,17). The van der Waals surface area contributed by atoms with Crippen molar-refractivity contribution in [2.45, 2.75) is 6.92 Å². The first-order valence-electron chi connectivity index (χ1n) is 5.94. The van der Waals surface area contributed by atoms with E-state index < -0.39 is 5.97 Å². The van der Waals surface area contributed by atoms with E-state index in [-0.39, 0.29) is 11.5 Å². The van der Waals surface area contributed by atoms with Crippen molar-refractivity contribution < 1.29 is 14.4 Å². The van der Waals surface area contributed by atoms with E-state index in [4.69, 9.17) is 21.2 Å². The number of nitrogens with zero attached hydrogens (tertiary/aromatic N) is 3. The lowest BCUT2D eigenvalue weighted by atomic mass is 10.2. The summed E-state index contributed by atoms with van der Waals surface area (Å²) >= 11 is 5.83. The van der Waals surface area contributed by atoms with E-state index in [0.717, 1.165) is 0 Å². The molecule has 2 N–H and O–H groups in total. The number of halogens is 1. The van der Waals surface area contributed by atoms with Crippen LogP contribution in [0.15, 0.2) is 28.8 Å². The predicted molar refractivity (Wildman–Crippen MR) is 76.0 cm³/mol. The average molecular weight is 305 g/mol. The Bertz CT molecular complexity index is 829. The zero-order chi connectivity index (χ0) is 15.0. The molecular formula is C13H9ClN4O3. The van der Waals surface area contributed by atoms with Crippen LogP contribution >= 0.6 is 11.6 Å². The Hall–Kier alpha value is -2.67. The molecule has 106 valence electrons. The summed E-state index contributed by atoms with van der Waals surface area (Å²) in [5.41, 5.74) is 1.39. The first-order valence-corrected chi connectivity index (χ1v) is 6.32. The number of benzene rings is 1. The Kier molecular flexibility index (Phi) is 3.19. The van der Waals surface area contributed by atoms with E-state index in [2.05, 4.69) is 20.4 Å². The van der Waals surface area contributed by atoms with Crippen LogP contribution in [0.5, 0.6) is 0 Å². The molecule has 0 amide bonds. The molecule has 1 aromatic carbocycles. The zero-order valence-corrected chi connectivity index (χ0v) is 11.5. The highest BCUT2D eigenvalue weighted by atomic mass is 35.5. The van der Waals surface area contributed by atoms with Crippen LogP contribution in [0, 0.1) is 6.92 Å². The van der Waals surface area contributed by atoms with Crippen LogP contribution < -0.4 is 5.32 Å². The van der Waals surface area contributed by atoms with E-state index in [1.54, 1.807) is 31.2 Å². The number of hydrogen-bond acceptors (Lipinski definition) is 6. The molecule has 0 unspecified atom stereocenters. The predicted octanol–water partition coefficient (Wildman–Crippen LogP) is 3.02. The molecular weight excluding hydrogens is 296 g/mol. The second-order valence-corrected chi connectivity index (χ2v) is 4.72. The smallest absolute Gasteiger partial charge is 0.374 e. The summed E-state index contributed by atoms with van der Waals surface area (Å²) in [6.45, 7) is 1.72. The van der Waals surface area contributed by atoms with E-state index in [9.17, 15) is 4.79 Å². The molecule has 0 saturated heterocycles. The van der Waals surface area contributed by atoms with Gasteiger partial charge in [-0.3, -0.25) is 0 Å². The van der Waals surface area contributed by atoms with Crippen molar-refractivity contribution in [1.82, 2.24) is 15.1 Å². The Balaban J connectivity index is 2.12. The third-order valence-electron chi connectivity index (χ3n) is 2.80. The zero-order valence-electron chi connectivity index (χ0n) is 10.8. The maximum Gasteiger partial charge on any atom is 0.374 e. The average Bonchev–Trinajstić information content (AvgIpc) is 2.83. The lowest BCUT2D eigenvalue weighted by molar-refractivity contribution is 0.0683. The van der Waals surface area contributed by atoms with E-state index in [1.807, 2.05) is 0 Å². The molecule has 3 aromatic rings. The van der Waals surface area contributed by atoms with Gasteiger partial charge in [0, 0.05) is 10.7 Å². The maximum atomic E-state index is 11.1. The fraction of sp³-hybridized carbons (Fsp3) is 0.0769. The number of carbonyl (C=O) groups is 1. The SMILES string of the molecule is Cc1noc2nc(C(=O)O)nc(Nc3ccc(Cl)cc3)c12. The Morgan fingerprint density at radius 3 is 2.67 bits per heavy atom. The number of aromatic nitrogens is 3. The van der Waals surface area contributed by atoms with Crippen molar-refractivity contribution >= 4 is 40.2 Å². The number of anilines is 2. The van der Waals surface area contributed by atoms with Gasteiger partial charge in [-0.25, -0.2) is 9.78 Å². The number of hydrogen-bond donors (Lipinski definition) is 2. The fourth-order valence-electron chi connectivity index (χ4n) is 1.85. The molecule has 0 fully saturated rings. The summed E-state index contributed by atoms with van der Waals surface area (Å²) < 4.78 is 5.01. The lowest BCUT2D eigenvalue weighted by Gasteiger charge is -2.07. The number of carboxylic acids is 1. The molecule has 0 radical (unpaired) electrons. The van der Waals surface area contributed by atoms with Crippen molar-refractivity contribution in [3.8, 4) is 0 Å². The second-order valence-electron chi connectivity index (χ2n) is 4.28. The minimum absolute atomic E-state index is 0.122. The minimum Gasteiger partial charge on any atom is -0.475 e. The topological polar surface area (TPSA) is 101 Å². The summed E-state index contributed by atoms with van der Waals surface area (Å²) in [6.07, 6.45) is 0. The van der Waals surface area contributed by atoms with Crippen LogP contribution in [-0.2, 0) is 0 Å². The van der Waals surface area contributed by atoms with Gasteiger partial charge < -0.3 is 14.9 Å². The number of rotatable bonds is 3. The van der Waals surface area contributed by atoms with Gasteiger partial charge in [0.25, 0.3) is 5.71 Å². The third kappa shape index (κ3) is 2.50. The van der Waals surface area contributed by atoms with Crippen LogP contribution in [0.4, 0.5) is 11.5 Å². The van der Waals surface area contributed by atoms with Crippen molar-refractivity contribution in [3.63, 3.8) is 0 Å². The molecule has 8 heteroatoms. The van der Waals surface area contributed by atoms with Crippen LogP contribution in [-0.4, -0.2) is 26.2 Å². The molecule has 7 nitrogen and oxygen atoms in total. The van der Waals surface area contributed by atoms with E-state index in [1.165, 1.54) is 0 Å². The van der Waals surface area contributed by atoms with E-state index in [0.29, 0.717) is 27.6 Å². The van der Waals surface area contributed by atoms with Crippen molar-refractivity contribution in [2.75, 3.05) is 5.32 Å². The van der Waals surface area contributed by atoms with Crippen molar-refractivity contribution in [2.24, 2.45) is 0 Å². The van der Waals surface area contributed by atoms with Crippen LogP contribution in [0.2, 0.25) is 5.02 Å². The highest BCUT2D eigenvalue weighted by molar-refractivity contribution is 6.30. The number of nitrogens with one attached hydrogen (secondary N) is 1. The lowest BCUT2D eigenvalue weighted by Crippen LogP contribution is -2.07. The van der Waals surface area contributed by atoms with Gasteiger partial charge in [0.2, 0.25) is 5.82 Å². The first kappa shape index (κ1) is 13.3. The molecule has 0 aliphatic carbocycles. The fourth-order valence-corrected chi connectivity index (χ4v) is 1.97. The molecule has 0 bridgehead atoms. The normalized spacial score (nSPS) is 10.8. The van der Waals surface area contributed by atoms with Crippen LogP contribution in [0.25, 0.3) is 11.1 Å². The summed E-state index contributed by atoms with van der Waals surface area (Å²) in [5.74, 6) is -1.29. The molecule has 0 aliphatic rings. The summed E-state index contributed by atoms with van der Waals surface area (Å²) in [5, 5.41) is 17.0. The van der Waals surface area contributed by atoms with Gasteiger partial charge in [-0.1, -0.05) is 16.8 Å². The van der Waals surface area contributed by atoms with Crippen LogP contribution in [0.1, 0.15) is 16.3 Å². The minimum atomic E-state index is -1.25. The summed E-state index contributed by atoms with van der Waals surface area (Å²) in [7, 11) is 0. The molecule has 2 heterocycles. The molecule has 0 spiro atoms.